The van der Waals surface area contributed by atoms with Crippen LogP contribution in [0.15, 0.2) is 53.8 Å². The summed E-state index contributed by atoms with van der Waals surface area (Å²) >= 11 is 0. The van der Waals surface area contributed by atoms with E-state index in [9.17, 15) is 4.79 Å². The number of anilines is 1. The van der Waals surface area contributed by atoms with Gasteiger partial charge in [-0.15, -0.1) is 0 Å². The first-order valence-corrected chi connectivity index (χ1v) is 7.31. The minimum atomic E-state index is -0.0439. The molecular formula is C17H17N5O. The highest BCUT2D eigenvalue weighted by atomic mass is 16.1. The largest absolute Gasteiger partial charge is 0.382 e. The van der Waals surface area contributed by atoms with Crippen LogP contribution in [0.3, 0.4) is 0 Å². The number of hydrogen-bond acceptors (Lipinski definition) is 5. The minimum absolute atomic E-state index is 0.0439. The fourth-order valence-corrected chi connectivity index (χ4v) is 2.37. The SMILES string of the molecule is CC(C)n1cc(-c2ncc(N)nc2-c2ccncc2)ccc1=O. The highest BCUT2D eigenvalue weighted by Gasteiger charge is 2.13. The third-order valence-corrected chi connectivity index (χ3v) is 3.51. The second kappa shape index (κ2) is 6.00. The van der Waals surface area contributed by atoms with E-state index in [1.54, 1.807) is 35.3 Å². The van der Waals surface area contributed by atoms with Gasteiger partial charge in [0.2, 0.25) is 0 Å². The van der Waals surface area contributed by atoms with Crippen LogP contribution in [-0.2, 0) is 0 Å². The molecule has 2 N–H and O–H groups in total. The van der Waals surface area contributed by atoms with Crippen molar-refractivity contribution in [3.63, 3.8) is 0 Å². The molecule has 0 saturated carbocycles. The minimum Gasteiger partial charge on any atom is -0.382 e. The molecule has 0 unspecified atom stereocenters. The molecule has 0 saturated heterocycles. The number of nitrogen functional groups attached to an aromatic ring is 1. The van der Waals surface area contributed by atoms with E-state index < -0.39 is 0 Å². The summed E-state index contributed by atoms with van der Waals surface area (Å²) < 4.78 is 1.67. The molecule has 0 spiro atoms. The second-order valence-corrected chi connectivity index (χ2v) is 5.49. The van der Waals surface area contributed by atoms with Gasteiger partial charge in [0.25, 0.3) is 5.56 Å². The van der Waals surface area contributed by atoms with Crippen LogP contribution in [0.25, 0.3) is 22.5 Å². The van der Waals surface area contributed by atoms with Gasteiger partial charge in [0.1, 0.15) is 5.82 Å². The van der Waals surface area contributed by atoms with E-state index in [1.165, 1.54) is 6.20 Å². The van der Waals surface area contributed by atoms with Crippen molar-refractivity contribution in [1.82, 2.24) is 19.5 Å². The zero-order valence-corrected chi connectivity index (χ0v) is 13.0. The Morgan fingerprint density at radius 2 is 1.78 bits per heavy atom. The Morgan fingerprint density at radius 1 is 1.04 bits per heavy atom. The van der Waals surface area contributed by atoms with Crippen LogP contribution in [0, 0.1) is 0 Å². The predicted molar refractivity (Wildman–Crippen MR) is 89.8 cm³/mol. The maximum Gasteiger partial charge on any atom is 0.250 e. The van der Waals surface area contributed by atoms with Gasteiger partial charge in [-0.3, -0.25) is 14.8 Å². The molecule has 0 aliphatic heterocycles. The number of nitrogens with zero attached hydrogens (tertiary/aromatic N) is 4. The average Bonchev–Trinajstić information content (AvgIpc) is 2.56. The lowest BCUT2D eigenvalue weighted by Gasteiger charge is -2.13. The molecule has 3 rings (SSSR count). The van der Waals surface area contributed by atoms with Crippen LogP contribution in [0.1, 0.15) is 19.9 Å². The molecule has 0 aliphatic carbocycles. The molecule has 3 heterocycles. The van der Waals surface area contributed by atoms with Crippen LogP contribution in [0.2, 0.25) is 0 Å². The van der Waals surface area contributed by atoms with Gasteiger partial charge in [0, 0.05) is 41.8 Å². The zero-order valence-electron chi connectivity index (χ0n) is 13.0. The Kier molecular flexibility index (Phi) is 3.89. The molecule has 0 atom stereocenters. The molecule has 0 aliphatic rings. The normalized spacial score (nSPS) is 10.9. The van der Waals surface area contributed by atoms with E-state index in [0.717, 1.165) is 11.1 Å². The standard InChI is InChI=1S/C17H17N5O/c1-11(2)22-10-13(3-4-15(22)23)16-17(21-14(18)9-20-16)12-5-7-19-8-6-12/h3-11H,1-2H3,(H2,18,21). The zero-order chi connectivity index (χ0) is 16.4. The fraction of sp³-hybridized carbons (Fsp3) is 0.176. The number of hydrogen-bond donors (Lipinski definition) is 1. The third-order valence-electron chi connectivity index (χ3n) is 3.51. The smallest absolute Gasteiger partial charge is 0.250 e. The topological polar surface area (TPSA) is 86.7 Å². The van der Waals surface area contributed by atoms with E-state index in [4.69, 9.17) is 5.73 Å². The summed E-state index contributed by atoms with van der Waals surface area (Å²) in [5, 5.41) is 0. The molecule has 23 heavy (non-hydrogen) atoms. The van der Waals surface area contributed by atoms with Gasteiger partial charge in [0.05, 0.1) is 17.6 Å². The van der Waals surface area contributed by atoms with Crippen molar-refractivity contribution in [3.8, 4) is 22.5 Å². The van der Waals surface area contributed by atoms with E-state index in [1.807, 2.05) is 26.0 Å². The van der Waals surface area contributed by atoms with E-state index >= 15 is 0 Å². The summed E-state index contributed by atoms with van der Waals surface area (Å²) in [6.45, 7) is 3.92. The molecular weight excluding hydrogens is 290 g/mol. The number of nitrogens with two attached hydrogens (primary N) is 1. The fourth-order valence-electron chi connectivity index (χ4n) is 2.37. The van der Waals surface area contributed by atoms with E-state index in [0.29, 0.717) is 17.2 Å². The van der Waals surface area contributed by atoms with Crippen LogP contribution < -0.4 is 11.3 Å². The number of rotatable bonds is 3. The Hall–Kier alpha value is -3.02. The van der Waals surface area contributed by atoms with Crippen molar-refractivity contribution in [2.45, 2.75) is 19.9 Å². The summed E-state index contributed by atoms with van der Waals surface area (Å²) in [7, 11) is 0. The first-order chi connectivity index (χ1) is 11.1. The molecule has 0 bridgehead atoms. The monoisotopic (exact) mass is 307 g/mol. The second-order valence-electron chi connectivity index (χ2n) is 5.49. The van der Waals surface area contributed by atoms with Crippen LogP contribution in [-0.4, -0.2) is 19.5 Å². The van der Waals surface area contributed by atoms with E-state index in [-0.39, 0.29) is 11.6 Å². The summed E-state index contributed by atoms with van der Waals surface area (Å²) in [6, 6.07) is 7.07. The molecule has 0 fully saturated rings. The summed E-state index contributed by atoms with van der Waals surface area (Å²) in [5.74, 6) is 0.345. The average molecular weight is 307 g/mol. The molecule has 3 aromatic rings. The van der Waals surface area contributed by atoms with Crippen LogP contribution >= 0.6 is 0 Å². The Balaban J connectivity index is 2.22. The number of pyridine rings is 2. The molecule has 6 heteroatoms. The molecule has 6 nitrogen and oxygen atoms in total. The summed E-state index contributed by atoms with van der Waals surface area (Å²) in [4.78, 5) is 24.8. The molecule has 0 aromatic carbocycles. The first-order valence-electron chi connectivity index (χ1n) is 7.31. The lowest BCUT2D eigenvalue weighted by atomic mass is 10.1. The van der Waals surface area contributed by atoms with Crippen molar-refractivity contribution in [2.24, 2.45) is 0 Å². The first kappa shape index (κ1) is 14.9. The Morgan fingerprint density at radius 3 is 2.48 bits per heavy atom. The third kappa shape index (κ3) is 2.96. The maximum atomic E-state index is 12.0. The Bertz CT molecular complexity index is 887. The van der Waals surface area contributed by atoms with Gasteiger partial charge < -0.3 is 10.3 Å². The maximum absolute atomic E-state index is 12.0. The molecule has 3 aromatic heterocycles. The van der Waals surface area contributed by atoms with Crippen molar-refractivity contribution in [2.75, 3.05) is 5.73 Å². The molecule has 116 valence electrons. The number of aromatic nitrogens is 4. The van der Waals surface area contributed by atoms with Gasteiger partial charge >= 0.3 is 0 Å². The van der Waals surface area contributed by atoms with Crippen molar-refractivity contribution < 1.29 is 0 Å². The van der Waals surface area contributed by atoms with Crippen LogP contribution in [0.5, 0.6) is 0 Å². The van der Waals surface area contributed by atoms with Gasteiger partial charge in [-0.25, -0.2) is 4.98 Å². The summed E-state index contributed by atoms with van der Waals surface area (Å²) in [6.07, 6.45) is 6.71. The Labute approximate surface area is 133 Å². The van der Waals surface area contributed by atoms with Gasteiger partial charge in [-0.2, -0.15) is 0 Å². The lowest BCUT2D eigenvalue weighted by molar-refractivity contribution is 0.579. The van der Waals surface area contributed by atoms with E-state index in [2.05, 4.69) is 15.0 Å². The molecule has 0 amide bonds. The van der Waals surface area contributed by atoms with Gasteiger partial charge in [0.15, 0.2) is 0 Å². The van der Waals surface area contributed by atoms with Crippen molar-refractivity contribution >= 4 is 5.82 Å². The quantitative estimate of drug-likeness (QED) is 0.803. The van der Waals surface area contributed by atoms with Crippen LogP contribution in [0.4, 0.5) is 5.82 Å². The van der Waals surface area contributed by atoms with Gasteiger partial charge in [-0.05, 0) is 32.0 Å². The van der Waals surface area contributed by atoms with Crippen molar-refractivity contribution in [1.29, 1.82) is 0 Å². The highest BCUT2D eigenvalue weighted by molar-refractivity contribution is 5.77. The summed E-state index contributed by atoms with van der Waals surface area (Å²) in [5.41, 5.74) is 8.79. The highest BCUT2D eigenvalue weighted by Crippen LogP contribution is 2.28. The molecule has 0 radical (unpaired) electrons. The lowest BCUT2D eigenvalue weighted by Crippen LogP contribution is -2.20. The van der Waals surface area contributed by atoms with Gasteiger partial charge in [-0.1, -0.05) is 0 Å². The predicted octanol–water partition coefficient (Wildman–Crippen LogP) is 2.53. The van der Waals surface area contributed by atoms with Crippen molar-refractivity contribution in [3.05, 3.63) is 59.4 Å².